The van der Waals surface area contributed by atoms with Crippen molar-refractivity contribution < 1.29 is 9.21 Å². The second-order valence-corrected chi connectivity index (χ2v) is 5.19. The lowest BCUT2D eigenvalue weighted by Crippen LogP contribution is -2.34. The maximum absolute atomic E-state index is 12.9. The van der Waals surface area contributed by atoms with Crippen LogP contribution in [0.25, 0.3) is 11.0 Å². The van der Waals surface area contributed by atoms with Crippen LogP contribution in [0.15, 0.2) is 69.9 Å². The number of carbonyl (C=O) groups is 1. The third kappa shape index (κ3) is 3.03. The Morgan fingerprint density at radius 3 is 2.54 bits per heavy atom. The second-order valence-electron chi connectivity index (χ2n) is 5.19. The lowest BCUT2D eigenvalue weighted by atomic mass is 10.1. The number of fused-ring (bicyclic) bond motifs is 1. The van der Waals surface area contributed by atoms with Crippen molar-refractivity contribution in [2.24, 2.45) is 0 Å². The SMILES string of the molecule is N#CCCN(C(=O)c1cc2ccccc2oc1=O)c1ccccc1. The number of hydrogen-bond acceptors (Lipinski definition) is 4. The van der Waals surface area contributed by atoms with Crippen LogP contribution in [0.5, 0.6) is 0 Å². The van der Waals surface area contributed by atoms with E-state index in [0.29, 0.717) is 16.7 Å². The van der Waals surface area contributed by atoms with E-state index in [1.165, 1.54) is 11.0 Å². The Kier molecular flexibility index (Phi) is 4.39. The molecule has 24 heavy (non-hydrogen) atoms. The Morgan fingerprint density at radius 1 is 1.08 bits per heavy atom. The van der Waals surface area contributed by atoms with Crippen molar-refractivity contribution >= 4 is 22.6 Å². The standard InChI is InChI=1S/C19H14N2O3/c20-11-6-12-21(15-8-2-1-3-9-15)18(22)16-13-14-7-4-5-10-17(14)24-19(16)23/h1-5,7-10,13H,6,12H2. The van der Waals surface area contributed by atoms with Crippen LogP contribution >= 0.6 is 0 Å². The predicted octanol–water partition coefficient (Wildman–Crippen LogP) is 3.35. The number of para-hydroxylation sites is 2. The number of rotatable bonds is 4. The number of nitriles is 1. The van der Waals surface area contributed by atoms with Crippen LogP contribution in [-0.4, -0.2) is 12.5 Å². The minimum absolute atomic E-state index is 0.0458. The zero-order valence-electron chi connectivity index (χ0n) is 12.8. The average Bonchev–Trinajstić information content (AvgIpc) is 2.62. The second kappa shape index (κ2) is 6.80. The fourth-order valence-corrected chi connectivity index (χ4v) is 2.47. The van der Waals surface area contributed by atoms with E-state index in [1.54, 1.807) is 48.5 Å². The van der Waals surface area contributed by atoms with E-state index in [4.69, 9.17) is 9.68 Å². The van der Waals surface area contributed by atoms with Crippen LogP contribution in [0.4, 0.5) is 5.69 Å². The Hall–Kier alpha value is -3.39. The normalized spacial score (nSPS) is 10.3. The van der Waals surface area contributed by atoms with E-state index >= 15 is 0 Å². The Morgan fingerprint density at radius 2 is 1.79 bits per heavy atom. The molecule has 0 fully saturated rings. The fourth-order valence-electron chi connectivity index (χ4n) is 2.47. The van der Waals surface area contributed by atoms with Crippen molar-refractivity contribution in [2.75, 3.05) is 11.4 Å². The number of anilines is 1. The van der Waals surface area contributed by atoms with Gasteiger partial charge in [-0.1, -0.05) is 36.4 Å². The van der Waals surface area contributed by atoms with Gasteiger partial charge in [0.15, 0.2) is 0 Å². The summed E-state index contributed by atoms with van der Waals surface area (Å²) in [5, 5.41) is 9.52. The number of amides is 1. The lowest BCUT2D eigenvalue weighted by molar-refractivity contribution is 0.0984. The summed E-state index contributed by atoms with van der Waals surface area (Å²) in [6, 6.07) is 19.5. The third-order valence-corrected chi connectivity index (χ3v) is 3.63. The Bertz CT molecular complexity index is 971. The zero-order chi connectivity index (χ0) is 16.9. The molecule has 0 atom stereocenters. The average molecular weight is 318 g/mol. The molecule has 1 amide bonds. The van der Waals surface area contributed by atoms with Crippen molar-refractivity contribution in [3.63, 3.8) is 0 Å². The van der Waals surface area contributed by atoms with Gasteiger partial charge in [0.1, 0.15) is 11.1 Å². The molecular formula is C19H14N2O3. The predicted molar refractivity (Wildman–Crippen MR) is 90.8 cm³/mol. The summed E-state index contributed by atoms with van der Waals surface area (Å²) in [7, 11) is 0. The molecule has 0 aliphatic heterocycles. The van der Waals surface area contributed by atoms with E-state index in [1.807, 2.05) is 12.1 Å². The van der Waals surface area contributed by atoms with Crippen molar-refractivity contribution in [2.45, 2.75) is 6.42 Å². The highest BCUT2D eigenvalue weighted by atomic mass is 16.4. The van der Waals surface area contributed by atoms with E-state index in [-0.39, 0.29) is 18.5 Å². The molecule has 0 N–H and O–H groups in total. The molecule has 5 nitrogen and oxygen atoms in total. The molecule has 1 aromatic heterocycles. The summed E-state index contributed by atoms with van der Waals surface area (Å²) in [6.07, 6.45) is 0.166. The van der Waals surface area contributed by atoms with Gasteiger partial charge in [-0.05, 0) is 24.3 Å². The largest absolute Gasteiger partial charge is 0.422 e. The maximum atomic E-state index is 12.9. The van der Waals surface area contributed by atoms with Gasteiger partial charge < -0.3 is 9.32 Å². The Balaban J connectivity index is 2.06. The highest BCUT2D eigenvalue weighted by Gasteiger charge is 2.21. The first-order valence-corrected chi connectivity index (χ1v) is 7.47. The molecule has 0 saturated heterocycles. The summed E-state index contributed by atoms with van der Waals surface area (Å²) in [4.78, 5) is 26.5. The summed E-state index contributed by atoms with van der Waals surface area (Å²) >= 11 is 0. The molecule has 3 rings (SSSR count). The van der Waals surface area contributed by atoms with Crippen LogP contribution in [0.3, 0.4) is 0 Å². The lowest BCUT2D eigenvalue weighted by Gasteiger charge is -2.21. The Labute approximate surface area is 138 Å². The maximum Gasteiger partial charge on any atom is 0.349 e. The van der Waals surface area contributed by atoms with Crippen LogP contribution in [-0.2, 0) is 0 Å². The topological polar surface area (TPSA) is 74.3 Å². The van der Waals surface area contributed by atoms with Gasteiger partial charge in [-0.2, -0.15) is 5.26 Å². The number of carbonyl (C=O) groups excluding carboxylic acids is 1. The van der Waals surface area contributed by atoms with E-state index in [2.05, 4.69) is 0 Å². The monoisotopic (exact) mass is 318 g/mol. The first kappa shape index (κ1) is 15.5. The van der Waals surface area contributed by atoms with Crippen molar-refractivity contribution in [3.8, 4) is 6.07 Å². The highest BCUT2D eigenvalue weighted by molar-refractivity contribution is 6.07. The van der Waals surface area contributed by atoms with Crippen LogP contribution in [0.1, 0.15) is 16.8 Å². The van der Waals surface area contributed by atoms with E-state index in [0.717, 1.165) is 0 Å². The summed E-state index contributed by atoms with van der Waals surface area (Å²) < 4.78 is 5.24. The van der Waals surface area contributed by atoms with Crippen molar-refractivity contribution in [1.29, 1.82) is 5.26 Å². The van der Waals surface area contributed by atoms with Crippen LogP contribution in [0.2, 0.25) is 0 Å². The van der Waals surface area contributed by atoms with Gasteiger partial charge in [0.2, 0.25) is 0 Å². The van der Waals surface area contributed by atoms with Gasteiger partial charge in [0.25, 0.3) is 5.91 Å². The third-order valence-electron chi connectivity index (χ3n) is 3.63. The minimum Gasteiger partial charge on any atom is -0.422 e. The van der Waals surface area contributed by atoms with Gasteiger partial charge in [-0.3, -0.25) is 4.79 Å². The number of nitrogens with zero attached hydrogens (tertiary/aromatic N) is 2. The molecule has 1 heterocycles. The van der Waals surface area contributed by atoms with Gasteiger partial charge in [-0.25, -0.2) is 4.79 Å². The molecule has 0 spiro atoms. The van der Waals surface area contributed by atoms with Crippen molar-refractivity contribution in [3.05, 3.63) is 76.6 Å². The zero-order valence-corrected chi connectivity index (χ0v) is 12.8. The summed E-state index contributed by atoms with van der Waals surface area (Å²) in [5.74, 6) is -0.476. The van der Waals surface area contributed by atoms with Gasteiger partial charge in [-0.15, -0.1) is 0 Å². The molecule has 0 bridgehead atoms. The van der Waals surface area contributed by atoms with Gasteiger partial charge in [0, 0.05) is 17.6 Å². The first-order valence-electron chi connectivity index (χ1n) is 7.47. The number of hydrogen-bond donors (Lipinski definition) is 0. The van der Waals surface area contributed by atoms with Crippen LogP contribution < -0.4 is 10.5 Å². The van der Waals surface area contributed by atoms with Gasteiger partial charge in [0.05, 0.1) is 12.5 Å². The fraction of sp³-hybridized carbons (Fsp3) is 0.105. The minimum atomic E-state index is -0.684. The highest BCUT2D eigenvalue weighted by Crippen LogP contribution is 2.18. The molecule has 0 unspecified atom stereocenters. The molecule has 0 radical (unpaired) electrons. The molecule has 118 valence electrons. The molecular weight excluding hydrogens is 304 g/mol. The summed E-state index contributed by atoms with van der Waals surface area (Å²) in [5.41, 5.74) is 0.333. The van der Waals surface area contributed by atoms with E-state index in [9.17, 15) is 9.59 Å². The number of benzene rings is 2. The van der Waals surface area contributed by atoms with Gasteiger partial charge >= 0.3 is 5.63 Å². The first-order chi connectivity index (χ1) is 11.7. The summed E-state index contributed by atoms with van der Waals surface area (Å²) in [6.45, 7) is 0.200. The molecule has 3 aromatic rings. The molecule has 5 heteroatoms. The smallest absolute Gasteiger partial charge is 0.349 e. The van der Waals surface area contributed by atoms with Crippen LogP contribution in [0, 0.1) is 11.3 Å². The van der Waals surface area contributed by atoms with Crippen molar-refractivity contribution in [1.82, 2.24) is 0 Å². The molecule has 0 aliphatic rings. The van der Waals surface area contributed by atoms with E-state index < -0.39 is 11.5 Å². The molecule has 0 aliphatic carbocycles. The quantitative estimate of drug-likeness (QED) is 0.691. The molecule has 0 saturated carbocycles. The molecule has 2 aromatic carbocycles.